The second kappa shape index (κ2) is 8.91. The van der Waals surface area contributed by atoms with E-state index in [0.29, 0.717) is 23.8 Å². The molecule has 0 aromatic heterocycles. The minimum absolute atomic E-state index is 0.119. The lowest BCUT2D eigenvalue weighted by Gasteiger charge is -2.22. The van der Waals surface area contributed by atoms with Gasteiger partial charge in [0.05, 0.1) is 25.7 Å². The highest BCUT2D eigenvalue weighted by atomic mass is 16.6. The number of nitro benzene ring substituents is 1. The minimum atomic E-state index is -0.499. The van der Waals surface area contributed by atoms with E-state index in [1.807, 2.05) is 24.3 Å². The molecule has 0 atom stereocenters. The van der Waals surface area contributed by atoms with Crippen LogP contribution in [0, 0.1) is 17.0 Å². The summed E-state index contributed by atoms with van der Waals surface area (Å²) in [5.41, 5.74) is 2.11. The third-order valence-electron chi connectivity index (χ3n) is 4.95. The smallest absolute Gasteiger partial charge is 0.311 e. The highest BCUT2D eigenvalue weighted by molar-refractivity contribution is 5.93. The van der Waals surface area contributed by atoms with Crippen LogP contribution in [0.25, 0.3) is 0 Å². The normalized spacial score (nSPS) is 13.2. The molecule has 1 aliphatic carbocycles. The Morgan fingerprint density at radius 3 is 2.45 bits per heavy atom. The van der Waals surface area contributed by atoms with Gasteiger partial charge in [0.1, 0.15) is 5.75 Å². The molecule has 0 aliphatic heterocycles. The zero-order chi connectivity index (χ0) is 21.0. The fraction of sp³-hybridized carbons (Fsp3) is 0.381. The Labute approximate surface area is 169 Å². The average Bonchev–Trinajstić information content (AvgIpc) is 3.54. The molecule has 3 rings (SSSR count). The lowest BCUT2D eigenvalue weighted by Crippen LogP contribution is -2.34. The largest absolute Gasteiger partial charge is 0.497 e. The number of nitrogens with one attached hydrogen (secondary N) is 1. The molecule has 0 saturated heterocycles. The summed E-state index contributed by atoms with van der Waals surface area (Å²) in [6.45, 7) is 2.64. The van der Waals surface area contributed by atoms with Crippen LogP contribution in [-0.4, -0.2) is 42.5 Å². The number of nitrogens with zero attached hydrogens (tertiary/aromatic N) is 2. The number of nitro groups is 1. The molecule has 154 valence electrons. The molecule has 0 unspecified atom stereocenters. The van der Waals surface area contributed by atoms with E-state index in [9.17, 15) is 14.9 Å². The number of aryl methyl sites for hydroxylation is 1. The van der Waals surface area contributed by atoms with E-state index in [1.54, 1.807) is 14.0 Å². The summed E-state index contributed by atoms with van der Waals surface area (Å²) >= 11 is 0. The highest BCUT2D eigenvalue weighted by Crippen LogP contribution is 2.33. The van der Waals surface area contributed by atoms with Crippen molar-refractivity contribution in [2.75, 3.05) is 26.1 Å². The van der Waals surface area contributed by atoms with Gasteiger partial charge in [-0.2, -0.15) is 0 Å². The molecule has 8 nitrogen and oxygen atoms in total. The van der Waals surface area contributed by atoms with E-state index >= 15 is 0 Å². The molecule has 0 radical (unpaired) electrons. The lowest BCUT2D eigenvalue weighted by molar-refractivity contribution is -0.385. The molecule has 0 bridgehead atoms. The van der Waals surface area contributed by atoms with Gasteiger partial charge in [0.2, 0.25) is 5.91 Å². The second-order valence-electron chi connectivity index (χ2n) is 7.13. The molecule has 1 amide bonds. The summed E-state index contributed by atoms with van der Waals surface area (Å²) in [4.78, 5) is 25.4. The zero-order valence-electron chi connectivity index (χ0n) is 16.8. The predicted molar refractivity (Wildman–Crippen MR) is 109 cm³/mol. The van der Waals surface area contributed by atoms with Crippen LogP contribution in [0.4, 0.5) is 11.4 Å². The molecule has 2 aromatic carbocycles. The van der Waals surface area contributed by atoms with Gasteiger partial charge < -0.3 is 14.8 Å². The molecular weight excluding hydrogens is 374 g/mol. The van der Waals surface area contributed by atoms with Crippen LogP contribution < -0.4 is 14.8 Å². The molecule has 1 fully saturated rings. The quantitative estimate of drug-likeness (QED) is 0.512. The van der Waals surface area contributed by atoms with E-state index < -0.39 is 4.92 Å². The highest BCUT2D eigenvalue weighted by Gasteiger charge is 2.30. The first-order chi connectivity index (χ1) is 13.9. The number of methoxy groups -OCH3 is 2. The lowest BCUT2D eigenvalue weighted by atomic mass is 10.1. The Kier molecular flexibility index (Phi) is 6.33. The van der Waals surface area contributed by atoms with Crippen LogP contribution in [0.15, 0.2) is 36.4 Å². The molecular formula is C21H25N3O5. The predicted octanol–water partition coefficient (Wildman–Crippen LogP) is 3.52. The van der Waals surface area contributed by atoms with Gasteiger partial charge in [0.25, 0.3) is 0 Å². The van der Waals surface area contributed by atoms with Crippen LogP contribution in [0.3, 0.4) is 0 Å². The van der Waals surface area contributed by atoms with Crippen molar-refractivity contribution in [3.05, 3.63) is 57.6 Å². The van der Waals surface area contributed by atoms with E-state index in [0.717, 1.165) is 24.2 Å². The summed E-state index contributed by atoms with van der Waals surface area (Å²) < 4.78 is 10.3. The first-order valence-electron chi connectivity index (χ1n) is 9.41. The number of hydrogen-bond acceptors (Lipinski definition) is 6. The Balaban J connectivity index is 1.68. The van der Waals surface area contributed by atoms with Gasteiger partial charge >= 0.3 is 5.69 Å². The van der Waals surface area contributed by atoms with Gasteiger partial charge in [-0.3, -0.25) is 19.8 Å². The Bertz CT molecular complexity index is 894. The van der Waals surface area contributed by atoms with E-state index in [2.05, 4.69) is 10.2 Å². The number of hydrogen-bond donors (Lipinski definition) is 1. The van der Waals surface area contributed by atoms with Crippen molar-refractivity contribution in [1.29, 1.82) is 0 Å². The number of amides is 1. The number of rotatable bonds is 9. The Hall–Kier alpha value is -3.13. The molecule has 0 spiro atoms. The average molecular weight is 399 g/mol. The fourth-order valence-electron chi connectivity index (χ4n) is 3.21. The van der Waals surface area contributed by atoms with Crippen molar-refractivity contribution in [3.8, 4) is 11.5 Å². The van der Waals surface area contributed by atoms with Crippen molar-refractivity contribution in [1.82, 2.24) is 4.90 Å². The van der Waals surface area contributed by atoms with Crippen molar-refractivity contribution >= 4 is 17.3 Å². The third kappa shape index (κ3) is 5.23. The van der Waals surface area contributed by atoms with Crippen molar-refractivity contribution < 1.29 is 19.2 Å². The number of benzene rings is 2. The van der Waals surface area contributed by atoms with Gasteiger partial charge in [0.15, 0.2) is 5.75 Å². The van der Waals surface area contributed by atoms with E-state index in [-0.39, 0.29) is 23.9 Å². The first-order valence-corrected chi connectivity index (χ1v) is 9.41. The van der Waals surface area contributed by atoms with Crippen LogP contribution in [0.5, 0.6) is 11.5 Å². The summed E-state index contributed by atoms with van der Waals surface area (Å²) in [6.07, 6.45) is 2.15. The van der Waals surface area contributed by atoms with Gasteiger partial charge in [-0.15, -0.1) is 0 Å². The van der Waals surface area contributed by atoms with E-state index in [1.165, 1.54) is 19.2 Å². The number of ether oxygens (including phenoxy) is 2. The second-order valence-corrected chi connectivity index (χ2v) is 7.13. The van der Waals surface area contributed by atoms with Gasteiger partial charge in [-0.1, -0.05) is 12.1 Å². The van der Waals surface area contributed by atoms with Crippen molar-refractivity contribution in [3.63, 3.8) is 0 Å². The van der Waals surface area contributed by atoms with Gasteiger partial charge in [-0.05, 0) is 43.0 Å². The summed E-state index contributed by atoms with van der Waals surface area (Å²) in [5.74, 6) is 0.754. The topological polar surface area (TPSA) is 93.9 Å². The number of carbonyl (C=O) groups is 1. The van der Waals surface area contributed by atoms with Crippen molar-refractivity contribution in [2.24, 2.45) is 0 Å². The van der Waals surface area contributed by atoms with Gasteiger partial charge in [0, 0.05) is 30.4 Å². The van der Waals surface area contributed by atoms with Crippen LogP contribution in [-0.2, 0) is 11.3 Å². The summed E-state index contributed by atoms with van der Waals surface area (Å²) in [6, 6.07) is 11.1. The van der Waals surface area contributed by atoms with Crippen molar-refractivity contribution in [2.45, 2.75) is 32.4 Å². The third-order valence-corrected chi connectivity index (χ3v) is 4.95. The minimum Gasteiger partial charge on any atom is -0.497 e. The molecule has 8 heteroatoms. The fourth-order valence-corrected chi connectivity index (χ4v) is 3.21. The van der Waals surface area contributed by atoms with Crippen LogP contribution in [0.2, 0.25) is 0 Å². The first kappa shape index (κ1) is 20.6. The van der Waals surface area contributed by atoms with Crippen LogP contribution >= 0.6 is 0 Å². The maximum atomic E-state index is 12.7. The van der Waals surface area contributed by atoms with E-state index in [4.69, 9.17) is 9.47 Å². The van der Waals surface area contributed by atoms with Crippen LogP contribution in [0.1, 0.15) is 24.0 Å². The number of anilines is 1. The molecule has 1 aliphatic rings. The zero-order valence-corrected chi connectivity index (χ0v) is 16.8. The summed E-state index contributed by atoms with van der Waals surface area (Å²) in [5, 5.41) is 14.0. The molecule has 0 heterocycles. The Morgan fingerprint density at radius 1 is 1.21 bits per heavy atom. The molecule has 1 saturated carbocycles. The maximum absolute atomic E-state index is 12.7. The Morgan fingerprint density at radius 2 is 1.90 bits per heavy atom. The molecule has 29 heavy (non-hydrogen) atoms. The standard InChI is InChI=1S/C21H25N3O5/c1-14-10-19(24(26)27)20(29-3)11-18(14)22-21(25)13-23(16-6-7-16)12-15-4-8-17(28-2)9-5-15/h4-5,8-11,16H,6-7,12-13H2,1-3H3,(H,22,25). The van der Waals surface area contributed by atoms with Gasteiger partial charge in [-0.25, -0.2) is 0 Å². The maximum Gasteiger partial charge on any atom is 0.311 e. The molecule has 2 aromatic rings. The molecule has 1 N–H and O–H groups in total. The monoisotopic (exact) mass is 399 g/mol. The number of carbonyl (C=O) groups excluding carboxylic acids is 1. The SMILES string of the molecule is COc1ccc(CN(CC(=O)Nc2cc(OC)c([N+](=O)[O-])cc2C)C2CC2)cc1. The summed E-state index contributed by atoms with van der Waals surface area (Å²) in [7, 11) is 3.00.